The smallest absolute Gasteiger partial charge is 0.354 e. The maximum atomic E-state index is 12.5. The standard InChI is InChI=1S/C20H22N2O4/c1-14-5-2-3-6-15(14)20(9-11-26-12-10-20)13-21-18(23)16-7-4-8-17(22-16)19(24)25/h2-8H,9-13H2,1H3,(H,21,23)(H,24,25). The van der Waals surface area contributed by atoms with Gasteiger partial charge in [-0.15, -0.1) is 0 Å². The average Bonchev–Trinajstić information content (AvgIpc) is 2.67. The first kappa shape index (κ1) is 18.1. The van der Waals surface area contributed by atoms with Crippen molar-refractivity contribution in [3.63, 3.8) is 0 Å². The molecule has 2 aromatic rings. The molecule has 0 unspecified atom stereocenters. The molecule has 2 N–H and O–H groups in total. The third kappa shape index (κ3) is 3.75. The van der Waals surface area contributed by atoms with E-state index in [1.807, 2.05) is 12.1 Å². The summed E-state index contributed by atoms with van der Waals surface area (Å²) in [5, 5.41) is 12.0. The van der Waals surface area contributed by atoms with Crippen molar-refractivity contribution in [3.8, 4) is 0 Å². The van der Waals surface area contributed by atoms with Crippen LogP contribution in [0.3, 0.4) is 0 Å². The predicted octanol–water partition coefficient (Wildman–Crippen LogP) is 2.57. The Bertz CT molecular complexity index is 813. The van der Waals surface area contributed by atoms with E-state index in [-0.39, 0.29) is 22.7 Å². The van der Waals surface area contributed by atoms with E-state index in [1.165, 1.54) is 29.3 Å². The Morgan fingerprint density at radius 2 is 1.81 bits per heavy atom. The van der Waals surface area contributed by atoms with Gasteiger partial charge in [0.15, 0.2) is 0 Å². The lowest BCUT2D eigenvalue weighted by molar-refractivity contribution is 0.0484. The van der Waals surface area contributed by atoms with Gasteiger partial charge >= 0.3 is 5.97 Å². The van der Waals surface area contributed by atoms with E-state index in [0.29, 0.717) is 19.8 Å². The minimum absolute atomic E-state index is 0.108. The third-order valence-electron chi connectivity index (χ3n) is 4.95. The monoisotopic (exact) mass is 354 g/mol. The Hall–Kier alpha value is -2.73. The van der Waals surface area contributed by atoms with Crippen LogP contribution in [0.15, 0.2) is 42.5 Å². The molecule has 6 nitrogen and oxygen atoms in total. The van der Waals surface area contributed by atoms with Crippen LogP contribution in [0.1, 0.15) is 44.9 Å². The highest BCUT2D eigenvalue weighted by molar-refractivity contribution is 5.94. The molecule has 0 bridgehead atoms. The summed E-state index contributed by atoms with van der Waals surface area (Å²) in [5.41, 5.74) is 2.18. The summed E-state index contributed by atoms with van der Waals surface area (Å²) in [6.45, 7) is 3.83. The Labute approximate surface area is 152 Å². The summed E-state index contributed by atoms with van der Waals surface area (Å²) in [4.78, 5) is 27.5. The van der Waals surface area contributed by atoms with Crippen molar-refractivity contribution in [3.05, 3.63) is 65.0 Å². The van der Waals surface area contributed by atoms with E-state index in [4.69, 9.17) is 9.84 Å². The lowest BCUT2D eigenvalue weighted by Crippen LogP contribution is -2.45. The summed E-state index contributed by atoms with van der Waals surface area (Å²) < 4.78 is 5.53. The van der Waals surface area contributed by atoms with Crippen LogP contribution in [0.4, 0.5) is 0 Å². The highest BCUT2D eigenvalue weighted by atomic mass is 16.5. The molecule has 2 heterocycles. The zero-order chi connectivity index (χ0) is 18.6. The molecule has 0 atom stereocenters. The summed E-state index contributed by atoms with van der Waals surface area (Å²) >= 11 is 0. The highest BCUT2D eigenvalue weighted by Crippen LogP contribution is 2.36. The number of nitrogens with zero attached hydrogens (tertiary/aromatic N) is 1. The number of aromatic carboxylic acids is 1. The number of carbonyl (C=O) groups excluding carboxylic acids is 1. The number of carboxylic acid groups (broad SMARTS) is 1. The van der Waals surface area contributed by atoms with Crippen molar-refractivity contribution in [2.75, 3.05) is 19.8 Å². The molecule has 0 saturated carbocycles. The fraction of sp³-hybridized carbons (Fsp3) is 0.350. The van der Waals surface area contributed by atoms with Gasteiger partial charge in [-0.05, 0) is 43.0 Å². The first-order valence-corrected chi connectivity index (χ1v) is 8.64. The first-order valence-electron chi connectivity index (χ1n) is 8.64. The molecule has 1 aliphatic rings. The number of rotatable bonds is 5. The third-order valence-corrected chi connectivity index (χ3v) is 4.95. The molecular formula is C20H22N2O4. The fourth-order valence-electron chi connectivity index (χ4n) is 3.49. The van der Waals surface area contributed by atoms with Crippen molar-refractivity contribution in [1.82, 2.24) is 10.3 Å². The van der Waals surface area contributed by atoms with Crippen molar-refractivity contribution in [2.45, 2.75) is 25.2 Å². The second-order valence-electron chi connectivity index (χ2n) is 6.60. The number of benzene rings is 1. The van der Waals surface area contributed by atoms with E-state index in [2.05, 4.69) is 29.4 Å². The van der Waals surface area contributed by atoms with Gasteiger partial charge < -0.3 is 15.2 Å². The molecular weight excluding hydrogens is 332 g/mol. The van der Waals surface area contributed by atoms with Crippen LogP contribution in [0.25, 0.3) is 0 Å². The van der Waals surface area contributed by atoms with Crippen LogP contribution in [0.5, 0.6) is 0 Å². The van der Waals surface area contributed by atoms with Gasteiger partial charge in [0.05, 0.1) is 0 Å². The Morgan fingerprint density at radius 3 is 2.50 bits per heavy atom. The molecule has 6 heteroatoms. The average molecular weight is 354 g/mol. The van der Waals surface area contributed by atoms with Gasteiger partial charge in [0.2, 0.25) is 0 Å². The molecule has 1 aromatic heterocycles. The lowest BCUT2D eigenvalue weighted by Gasteiger charge is -2.39. The molecule has 1 aromatic carbocycles. The van der Waals surface area contributed by atoms with Gasteiger partial charge in [0, 0.05) is 25.2 Å². The normalized spacial score (nSPS) is 16.0. The number of hydrogen-bond acceptors (Lipinski definition) is 4. The molecule has 1 fully saturated rings. The van der Waals surface area contributed by atoms with Crippen LogP contribution in [-0.4, -0.2) is 41.7 Å². The van der Waals surface area contributed by atoms with E-state index in [0.717, 1.165) is 12.8 Å². The maximum Gasteiger partial charge on any atom is 0.354 e. The molecule has 0 aliphatic carbocycles. The second-order valence-corrected chi connectivity index (χ2v) is 6.60. The van der Waals surface area contributed by atoms with E-state index < -0.39 is 5.97 Å². The van der Waals surface area contributed by atoms with E-state index >= 15 is 0 Å². The minimum atomic E-state index is -1.15. The minimum Gasteiger partial charge on any atom is -0.477 e. The van der Waals surface area contributed by atoms with Gasteiger partial charge in [-0.25, -0.2) is 9.78 Å². The van der Waals surface area contributed by atoms with Crippen molar-refractivity contribution in [1.29, 1.82) is 0 Å². The van der Waals surface area contributed by atoms with Crippen LogP contribution in [0.2, 0.25) is 0 Å². The summed E-state index contributed by atoms with van der Waals surface area (Å²) in [6, 6.07) is 12.6. The SMILES string of the molecule is Cc1ccccc1C1(CNC(=O)c2cccc(C(=O)O)n2)CCOCC1. The van der Waals surface area contributed by atoms with Gasteiger partial charge in [-0.3, -0.25) is 4.79 Å². The number of aryl methyl sites for hydroxylation is 1. The first-order chi connectivity index (χ1) is 12.5. The molecule has 3 rings (SSSR count). The predicted molar refractivity (Wildman–Crippen MR) is 96.4 cm³/mol. The summed E-state index contributed by atoms with van der Waals surface area (Å²) in [7, 11) is 0. The van der Waals surface area contributed by atoms with Gasteiger partial charge in [0.25, 0.3) is 5.91 Å². The molecule has 1 saturated heterocycles. The van der Waals surface area contributed by atoms with Crippen LogP contribution >= 0.6 is 0 Å². The van der Waals surface area contributed by atoms with Gasteiger partial charge in [0.1, 0.15) is 11.4 Å². The second kappa shape index (κ2) is 7.66. The number of carbonyl (C=O) groups is 2. The number of pyridine rings is 1. The number of ether oxygens (including phenoxy) is 1. The van der Waals surface area contributed by atoms with Gasteiger partial charge in [-0.1, -0.05) is 30.3 Å². The number of amides is 1. The Morgan fingerprint density at radius 1 is 1.12 bits per heavy atom. The lowest BCUT2D eigenvalue weighted by atomic mass is 9.72. The van der Waals surface area contributed by atoms with Crippen LogP contribution in [0, 0.1) is 6.92 Å². The van der Waals surface area contributed by atoms with Crippen molar-refractivity contribution in [2.24, 2.45) is 0 Å². The van der Waals surface area contributed by atoms with Crippen molar-refractivity contribution >= 4 is 11.9 Å². The van der Waals surface area contributed by atoms with Gasteiger partial charge in [-0.2, -0.15) is 0 Å². The topological polar surface area (TPSA) is 88.5 Å². The zero-order valence-electron chi connectivity index (χ0n) is 14.7. The number of carboxylic acids is 1. The molecule has 1 aliphatic heterocycles. The largest absolute Gasteiger partial charge is 0.477 e. The Kier molecular flexibility index (Phi) is 5.32. The summed E-state index contributed by atoms with van der Waals surface area (Å²) in [6.07, 6.45) is 1.64. The van der Waals surface area contributed by atoms with E-state index in [1.54, 1.807) is 0 Å². The number of nitrogens with one attached hydrogen (secondary N) is 1. The maximum absolute atomic E-state index is 12.5. The molecule has 1 amide bonds. The van der Waals surface area contributed by atoms with Crippen LogP contribution in [-0.2, 0) is 10.2 Å². The molecule has 26 heavy (non-hydrogen) atoms. The quantitative estimate of drug-likeness (QED) is 0.861. The number of hydrogen-bond donors (Lipinski definition) is 2. The molecule has 136 valence electrons. The van der Waals surface area contributed by atoms with Crippen LogP contribution < -0.4 is 5.32 Å². The van der Waals surface area contributed by atoms with Crippen molar-refractivity contribution < 1.29 is 19.4 Å². The summed E-state index contributed by atoms with van der Waals surface area (Å²) in [5.74, 6) is -1.52. The van der Waals surface area contributed by atoms with E-state index in [9.17, 15) is 9.59 Å². The molecule has 0 spiro atoms. The number of aromatic nitrogens is 1. The Balaban J connectivity index is 1.80. The molecule has 0 radical (unpaired) electrons. The fourth-order valence-corrected chi connectivity index (χ4v) is 3.49. The highest BCUT2D eigenvalue weighted by Gasteiger charge is 2.36. The zero-order valence-corrected chi connectivity index (χ0v) is 14.7.